The van der Waals surface area contributed by atoms with E-state index in [0.29, 0.717) is 31.9 Å². The number of hydrogen-bond donors (Lipinski definition) is 2. The number of benzene rings is 1. The van der Waals surface area contributed by atoms with Gasteiger partial charge in [0, 0.05) is 26.2 Å². The van der Waals surface area contributed by atoms with Crippen LogP contribution in [-0.2, 0) is 9.53 Å². The van der Waals surface area contributed by atoms with Crippen LogP contribution >= 0.6 is 12.2 Å². The first-order valence-electron chi connectivity index (χ1n) is 9.27. The van der Waals surface area contributed by atoms with E-state index in [1.165, 1.54) is 15.9 Å². The summed E-state index contributed by atoms with van der Waals surface area (Å²) < 4.78 is 44.7. The van der Waals surface area contributed by atoms with Gasteiger partial charge in [-0.3, -0.25) is 9.69 Å². The number of thiocarbonyl (C=S) groups is 1. The first kappa shape index (κ1) is 22.1. The number of amides is 2. The summed E-state index contributed by atoms with van der Waals surface area (Å²) in [7, 11) is 0. The van der Waals surface area contributed by atoms with Gasteiger partial charge in [-0.1, -0.05) is 12.2 Å². The molecule has 2 amide bonds. The molecule has 2 N–H and O–H groups in total. The number of rotatable bonds is 6. The second kappa shape index (κ2) is 9.47. The minimum atomic E-state index is -2.79. The van der Waals surface area contributed by atoms with Crippen molar-refractivity contribution in [2.75, 3.05) is 55.7 Å². The summed E-state index contributed by atoms with van der Waals surface area (Å²) in [4.78, 5) is 27.5. The van der Waals surface area contributed by atoms with E-state index in [4.69, 9.17) is 9.84 Å². The number of nitrogens with one attached hydrogen (secondary N) is 1. The summed E-state index contributed by atoms with van der Waals surface area (Å²) in [5.41, 5.74) is 0.622. The summed E-state index contributed by atoms with van der Waals surface area (Å²) in [6.07, 6.45) is -4.19. The Morgan fingerprint density at radius 1 is 1.30 bits per heavy atom. The van der Waals surface area contributed by atoms with E-state index in [9.17, 15) is 22.8 Å². The lowest BCUT2D eigenvalue weighted by Crippen LogP contribution is -2.49. The molecule has 0 radical (unpaired) electrons. The summed E-state index contributed by atoms with van der Waals surface area (Å²) in [5, 5.41) is 11.3. The van der Waals surface area contributed by atoms with Gasteiger partial charge in [0.05, 0.1) is 24.5 Å². The Kier molecular flexibility index (Phi) is 6.98. The maximum atomic E-state index is 14.7. The fourth-order valence-electron chi connectivity index (χ4n) is 3.35. The maximum absolute atomic E-state index is 14.7. The highest BCUT2D eigenvalue weighted by atomic mass is 32.1. The molecule has 2 aliphatic heterocycles. The number of aliphatic hydroxyl groups is 1. The van der Waals surface area contributed by atoms with Crippen LogP contribution in [0.4, 0.5) is 29.3 Å². The summed E-state index contributed by atoms with van der Waals surface area (Å²) in [6.45, 7) is 1.00. The standard InChI is InChI=1S/C18H21F3N4O4S/c19-13-7-11(25-9-12(29-18(25)28)8-22-17(30)16(20)21)1-2-14(13)23-3-5-24(6-4-23)15(27)10-26/h1-2,7,12,16,26H,3-6,8-10H2,(H,22,30)/t12-/m0/s1. The van der Waals surface area contributed by atoms with Crippen molar-refractivity contribution in [2.24, 2.45) is 0 Å². The largest absolute Gasteiger partial charge is 0.442 e. The Bertz CT molecular complexity index is 821. The molecule has 30 heavy (non-hydrogen) atoms. The monoisotopic (exact) mass is 446 g/mol. The molecule has 0 aromatic heterocycles. The second-order valence-corrected chi connectivity index (χ2v) is 7.26. The van der Waals surface area contributed by atoms with Crippen molar-refractivity contribution in [3.63, 3.8) is 0 Å². The van der Waals surface area contributed by atoms with Gasteiger partial charge in [0.15, 0.2) is 0 Å². The molecule has 1 aromatic carbocycles. The Hall–Kier alpha value is -2.60. The average molecular weight is 446 g/mol. The predicted molar refractivity (Wildman–Crippen MR) is 106 cm³/mol. The van der Waals surface area contributed by atoms with E-state index in [1.807, 2.05) is 0 Å². The number of piperazine rings is 1. The van der Waals surface area contributed by atoms with Crippen molar-refractivity contribution in [3.05, 3.63) is 24.0 Å². The molecule has 1 aromatic rings. The number of nitrogens with zero attached hydrogens (tertiary/aromatic N) is 3. The molecule has 0 spiro atoms. The molecule has 164 valence electrons. The van der Waals surface area contributed by atoms with Crippen LogP contribution in [0.1, 0.15) is 0 Å². The van der Waals surface area contributed by atoms with Crippen LogP contribution in [0.5, 0.6) is 0 Å². The minimum Gasteiger partial charge on any atom is -0.442 e. The first-order valence-corrected chi connectivity index (χ1v) is 9.68. The molecule has 2 fully saturated rings. The van der Waals surface area contributed by atoms with Crippen molar-refractivity contribution in [1.29, 1.82) is 0 Å². The van der Waals surface area contributed by atoms with Gasteiger partial charge in [-0.2, -0.15) is 0 Å². The van der Waals surface area contributed by atoms with Gasteiger partial charge in [-0.05, 0) is 18.2 Å². The van der Waals surface area contributed by atoms with E-state index in [-0.39, 0.29) is 24.7 Å². The molecule has 2 saturated heterocycles. The zero-order valence-electron chi connectivity index (χ0n) is 15.9. The third-order valence-corrected chi connectivity index (χ3v) is 5.25. The lowest BCUT2D eigenvalue weighted by molar-refractivity contribution is -0.134. The molecular weight excluding hydrogens is 425 g/mol. The van der Waals surface area contributed by atoms with Crippen LogP contribution in [0.2, 0.25) is 0 Å². The number of alkyl halides is 2. The summed E-state index contributed by atoms with van der Waals surface area (Å²) in [5.74, 6) is -0.904. The van der Waals surface area contributed by atoms with Crippen molar-refractivity contribution in [3.8, 4) is 0 Å². The van der Waals surface area contributed by atoms with Gasteiger partial charge in [0.1, 0.15) is 23.5 Å². The number of anilines is 2. The Morgan fingerprint density at radius 3 is 2.60 bits per heavy atom. The molecule has 1 atom stereocenters. The van der Waals surface area contributed by atoms with Crippen molar-refractivity contribution in [2.45, 2.75) is 12.5 Å². The molecule has 8 nitrogen and oxygen atoms in total. The van der Waals surface area contributed by atoms with E-state index in [1.54, 1.807) is 17.0 Å². The second-order valence-electron chi connectivity index (χ2n) is 6.82. The zero-order chi connectivity index (χ0) is 21.8. The lowest BCUT2D eigenvalue weighted by atomic mass is 10.2. The third-order valence-electron chi connectivity index (χ3n) is 4.93. The Balaban J connectivity index is 1.61. The third kappa shape index (κ3) is 4.93. The van der Waals surface area contributed by atoms with Crippen molar-refractivity contribution < 1.29 is 32.6 Å². The lowest BCUT2D eigenvalue weighted by Gasteiger charge is -2.36. The molecule has 3 rings (SSSR count). The smallest absolute Gasteiger partial charge is 0.414 e. The van der Waals surface area contributed by atoms with Crippen LogP contribution in [0.25, 0.3) is 0 Å². The minimum absolute atomic E-state index is 0.0666. The zero-order valence-corrected chi connectivity index (χ0v) is 16.7. The maximum Gasteiger partial charge on any atom is 0.414 e. The van der Waals surface area contributed by atoms with Crippen LogP contribution in [0.15, 0.2) is 18.2 Å². The fraction of sp³-hybridized carbons (Fsp3) is 0.500. The molecule has 2 heterocycles. The molecule has 2 aliphatic rings. The van der Waals surface area contributed by atoms with Gasteiger partial charge >= 0.3 is 6.09 Å². The number of carbonyl (C=O) groups excluding carboxylic acids is 2. The Labute approximate surface area is 176 Å². The fourth-order valence-corrected chi connectivity index (χ4v) is 3.43. The SMILES string of the molecule is O=C(CO)N1CCN(c2ccc(N3C[C@H](CNC(=S)C(F)F)OC3=O)cc2F)CC1. The first-order chi connectivity index (χ1) is 14.3. The highest BCUT2D eigenvalue weighted by molar-refractivity contribution is 7.80. The molecule has 0 unspecified atom stereocenters. The Morgan fingerprint density at radius 2 is 2.00 bits per heavy atom. The van der Waals surface area contributed by atoms with Gasteiger partial charge in [0.25, 0.3) is 6.43 Å². The van der Waals surface area contributed by atoms with Crippen LogP contribution < -0.4 is 15.1 Å². The van der Waals surface area contributed by atoms with E-state index in [2.05, 4.69) is 17.5 Å². The van der Waals surface area contributed by atoms with E-state index >= 15 is 0 Å². The summed E-state index contributed by atoms with van der Waals surface area (Å²) in [6, 6.07) is 4.32. The van der Waals surface area contributed by atoms with E-state index < -0.39 is 36.0 Å². The van der Waals surface area contributed by atoms with Gasteiger partial charge in [0.2, 0.25) is 5.91 Å². The van der Waals surface area contributed by atoms with Gasteiger partial charge in [-0.15, -0.1) is 0 Å². The molecule has 0 aliphatic carbocycles. The topological polar surface area (TPSA) is 85.3 Å². The average Bonchev–Trinajstić information content (AvgIpc) is 3.12. The van der Waals surface area contributed by atoms with Crippen LogP contribution in [0, 0.1) is 5.82 Å². The molecule has 12 heteroatoms. The molecule has 0 saturated carbocycles. The van der Waals surface area contributed by atoms with Gasteiger partial charge < -0.3 is 25.0 Å². The normalized spacial score (nSPS) is 19.3. The number of halogens is 3. The highest BCUT2D eigenvalue weighted by Gasteiger charge is 2.33. The predicted octanol–water partition coefficient (Wildman–Crippen LogP) is 0.974. The van der Waals surface area contributed by atoms with Crippen molar-refractivity contribution >= 4 is 40.6 Å². The number of carbonyl (C=O) groups is 2. The number of hydrogen-bond acceptors (Lipinski definition) is 6. The van der Waals surface area contributed by atoms with Gasteiger partial charge in [-0.25, -0.2) is 18.0 Å². The highest BCUT2D eigenvalue weighted by Crippen LogP contribution is 2.28. The van der Waals surface area contributed by atoms with E-state index in [0.717, 1.165) is 0 Å². The quantitative estimate of drug-likeness (QED) is 0.630. The van der Waals surface area contributed by atoms with Crippen LogP contribution in [0.3, 0.4) is 0 Å². The summed E-state index contributed by atoms with van der Waals surface area (Å²) >= 11 is 4.48. The number of aliphatic hydroxyl groups excluding tert-OH is 1. The number of ether oxygens (including phenoxy) is 1. The molecular formula is C18H21F3N4O4S. The van der Waals surface area contributed by atoms with Crippen LogP contribution in [-0.4, -0.2) is 85.4 Å². The molecule has 0 bridgehead atoms. The number of cyclic esters (lactones) is 1. The van der Waals surface area contributed by atoms with Crippen molar-refractivity contribution in [1.82, 2.24) is 10.2 Å².